The van der Waals surface area contributed by atoms with Crippen LogP contribution in [-0.2, 0) is 16.2 Å². The quantitative estimate of drug-likeness (QED) is 0.0986. The third-order valence-electron chi connectivity index (χ3n) is 8.36. The van der Waals surface area contributed by atoms with E-state index in [0.29, 0.717) is 58.0 Å². The molecule has 242 valence electrons. The van der Waals surface area contributed by atoms with Gasteiger partial charge in [0, 0.05) is 6.20 Å². The van der Waals surface area contributed by atoms with Crippen LogP contribution in [0.15, 0.2) is 90.6 Å². The van der Waals surface area contributed by atoms with Crippen molar-refractivity contribution in [2.24, 2.45) is 0 Å². The molecule has 1 aliphatic rings. The summed E-state index contributed by atoms with van der Waals surface area (Å²) in [6, 6.07) is 23.2. The molecule has 48 heavy (non-hydrogen) atoms. The molecule has 0 radical (unpaired) electrons. The molecule has 0 spiro atoms. The Morgan fingerprint density at radius 3 is 2.50 bits per heavy atom. The zero-order valence-corrected chi connectivity index (χ0v) is 27.6. The van der Waals surface area contributed by atoms with E-state index in [1.807, 2.05) is 92.0 Å². The number of methoxy groups -OCH3 is 1. The van der Waals surface area contributed by atoms with Crippen LogP contribution in [0.25, 0.3) is 21.6 Å². The fourth-order valence-corrected chi connectivity index (χ4v) is 7.00. The number of rotatable bonds is 9. The minimum atomic E-state index is -1.04. The highest BCUT2D eigenvalue weighted by atomic mass is 32.1. The molecule has 0 saturated carbocycles. The summed E-state index contributed by atoms with van der Waals surface area (Å²) in [7, 11) is 1.53. The average molecular weight is 661 g/mol. The minimum absolute atomic E-state index is 0.0987. The lowest BCUT2D eigenvalue weighted by Crippen LogP contribution is -2.29. The van der Waals surface area contributed by atoms with Crippen LogP contribution < -0.4 is 19.1 Å². The number of imidazole rings is 1. The van der Waals surface area contributed by atoms with Crippen LogP contribution in [0, 0.1) is 13.8 Å². The molecule has 7 rings (SSSR count). The molecule has 1 atom stereocenters. The number of carbonyl (C=O) groups is 2. The molecule has 1 aliphatic heterocycles. The summed E-state index contributed by atoms with van der Waals surface area (Å²) in [6.45, 7) is 6.45. The Morgan fingerprint density at radius 2 is 1.75 bits per heavy atom. The fourth-order valence-electron chi connectivity index (χ4n) is 5.98. The number of benzene rings is 3. The number of ether oxygens (including phenoxy) is 3. The van der Waals surface area contributed by atoms with Gasteiger partial charge < -0.3 is 23.7 Å². The van der Waals surface area contributed by atoms with E-state index in [1.54, 1.807) is 18.2 Å². The molecule has 3 aromatic heterocycles. The molecule has 1 amide bonds. The number of pyridine rings is 1. The second-order valence-corrected chi connectivity index (χ2v) is 12.4. The first-order valence-corrected chi connectivity index (χ1v) is 16.2. The number of aryl methyl sites for hydroxylation is 2. The van der Waals surface area contributed by atoms with Crippen molar-refractivity contribution >= 4 is 49.8 Å². The highest BCUT2D eigenvalue weighted by molar-refractivity contribution is 7.22. The van der Waals surface area contributed by atoms with E-state index in [-0.39, 0.29) is 17.0 Å². The molecule has 4 heterocycles. The van der Waals surface area contributed by atoms with Gasteiger partial charge in [0.15, 0.2) is 22.4 Å². The van der Waals surface area contributed by atoms with Gasteiger partial charge in [-0.1, -0.05) is 53.8 Å². The summed E-state index contributed by atoms with van der Waals surface area (Å²) in [5.41, 5.74) is 4.43. The second kappa shape index (κ2) is 12.5. The van der Waals surface area contributed by atoms with E-state index in [2.05, 4.69) is 0 Å². The third-order valence-corrected chi connectivity index (χ3v) is 9.38. The van der Waals surface area contributed by atoms with Crippen LogP contribution in [0.5, 0.6) is 17.2 Å². The highest BCUT2D eigenvalue weighted by Crippen LogP contribution is 2.46. The van der Waals surface area contributed by atoms with Crippen LogP contribution in [-0.4, -0.2) is 44.9 Å². The van der Waals surface area contributed by atoms with Gasteiger partial charge in [-0.05, 0) is 73.9 Å². The van der Waals surface area contributed by atoms with Gasteiger partial charge >= 0.3 is 5.91 Å². The lowest BCUT2D eigenvalue weighted by atomic mass is 9.96. The number of hydrogen-bond acceptors (Lipinski definition) is 9. The third kappa shape index (κ3) is 5.31. The van der Waals surface area contributed by atoms with Gasteiger partial charge in [-0.3, -0.25) is 14.5 Å². The number of thiazole rings is 1. The summed E-state index contributed by atoms with van der Waals surface area (Å²) in [5.74, 6) is -0.469. The molecule has 3 aromatic carbocycles. The SMILES string of the molecule is CCOc1ccc2nc(N3C(=O)C(=O)C(=C(O)c4nc5c(C)cccn5c4C)C3c3ccc(OCc4ccccc4)c(OC)c3)sc2c1. The van der Waals surface area contributed by atoms with Crippen molar-refractivity contribution in [2.75, 3.05) is 18.6 Å². The molecule has 1 unspecified atom stereocenters. The number of aromatic nitrogens is 3. The average Bonchev–Trinajstić information content (AvgIpc) is 3.75. The van der Waals surface area contributed by atoms with Gasteiger partial charge in [0.1, 0.15) is 23.7 Å². The van der Waals surface area contributed by atoms with E-state index in [9.17, 15) is 14.7 Å². The number of Topliss-reactive ketones (excluding diaryl/α,β-unsaturated/α-hetero) is 1. The molecular weight excluding hydrogens is 628 g/mol. The normalized spacial score (nSPS) is 15.8. The van der Waals surface area contributed by atoms with E-state index in [4.69, 9.17) is 24.2 Å². The molecule has 1 saturated heterocycles. The maximum atomic E-state index is 14.0. The zero-order chi connectivity index (χ0) is 33.5. The lowest BCUT2D eigenvalue weighted by Gasteiger charge is -2.23. The van der Waals surface area contributed by atoms with E-state index >= 15 is 0 Å². The Balaban J connectivity index is 1.38. The van der Waals surface area contributed by atoms with Crippen molar-refractivity contribution in [3.8, 4) is 17.2 Å². The minimum Gasteiger partial charge on any atom is -0.505 e. The monoisotopic (exact) mass is 660 g/mol. The van der Waals surface area contributed by atoms with Gasteiger partial charge in [-0.15, -0.1) is 0 Å². The Morgan fingerprint density at radius 1 is 0.938 bits per heavy atom. The predicted molar refractivity (Wildman–Crippen MR) is 184 cm³/mol. The topological polar surface area (TPSA) is 115 Å². The summed E-state index contributed by atoms with van der Waals surface area (Å²) < 4.78 is 20.1. The molecule has 6 aromatic rings. The van der Waals surface area contributed by atoms with Crippen LogP contribution in [0.2, 0.25) is 0 Å². The summed E-state index contributed by atoms with van der Waals surface area (Å²) in [6.07, 6.45) is 1.84. The largest absolute Gasteiger partial charge is 0.505 e. The van der Waals surface area contributed by atoms with Crippen molar-refractivity contribution in [2.45, 2.75) is 33.4 Å². The van der Waals surface area contributed by atoms with Gasteiger partial charge in [-0.2, -0.15) is 0 Å². The van der Waals surface area contributed by atoms with Crippen molar-refractivity contribution in [3.63, 3.8) is 0 Å². The number of anilines is 1. The number of aliphatic hydroxyl groups excluding tert-OH is 1. The smallest absolute Gasteiger partial charge is 0.301 e. The Bertz CT molecular complexity index is 2240. The van der Waals surface area contributed by atoms with Crippen LogP contribution in [0.3, 0.4) is 0 Å². The van der Waals surface area contributed by atoms with E-state index in [0.717, 1.165) is 15.8 Å². The number of fused-ring (bicyclic) bond motifs is 2. The van der Waals surface area contributed by atoms with Gasteiger partial charge in [-0.25, -0.2) is 9.97 Å². The van der Waals surface area contributed by atoms with E-state index < -0.39 is 17.7 Å². The summed E-state index contributed by atoms with van der Waals surface area (Å²) in [4.78, 5) is 38.7. The van der Waals surface area contributed by atoms with Crippen LogP contribution >= 0.6 is 11.3 Å². The number of ketones is 1. The predicted octanol–water partition coefficient (Wildman–Crippen LogP) is 7.17. The summed E-state index contributed by atoms with van der Waals surface area (Å²) in [5, 5.41) is 12.2. The van der Waals surface area contributed by atoms with Gasteiger partial charge in [0.2, 0.25) is 0 Å². The maximum absolute atomic E-state index is 14.0. The molecular formula is C37H32N4O6S. The number of nitrogens with zero attached hydrogens (tertiary/aromatic N) is 4. The Hall–Kier alpha value is -5.68. The van der Waals surface area contributed by atoms with Crippen LogP contribution in [0.4, 0.5) is 5.13 Å². The standard InChI is InChI=1S/C37H32N4O6S/c1-5-46-25-14-15-26-29(19-25)48-37(38-26)41-32(24-13-16-27(28(18-24)45-4)47-20-23-11-7-6-8-12-23)30(34(43)36(41)44)33(42)31-22(3)40-17-9-10-21(2)35(40)39-31/h6-19,32,42H,5,20H2,1-4H3. The number of carbonyl (C=O) groups excluding carboxylic acids is 2. The number of hydrogen-bond donors (Lipinski definition) is 1. The van der Waals surface area contributed by atoms with Crippen molar-refractivity contribution in [1.29, 1.82) is 0 Å². The number of amides is 1. The lowest BCUT2D eigenvalue weighted by molar-refractivity contribution is -0.132. The van der Waals surface area contributed by atoms with Gasteiger partial charge in [0.25, 0.3) is 5.78 Å². The number of aliphatic hydroxyl groups is 1. The fraction of sp³-hybridized carbons (Fsp3) is 0.189. The first-order chi connectivity index (χ1) is 23.3. The first-order valence-electron chi connectivity index (χ1n) is 15.4. The van der Waals surface area contributed by atoms with Gasteiger partial charge in [0.05, 0.1) is 41.2 Å². The molecule has 11 heteroatoms. The van der Waals surface area contributed by atoms with Crippen molar-refractivity contribution in [1.82, 2.24) is 14.4 Å². The van der Waals surface area contributed by atoms with Crippen molar-refractivity contribution in [3.05, 3.63) is 119 Å². The van der Waals surface area contributed by atoms with Crippen molar-refractivity contribution < 1.29 is 28.9 Å². The second-order valence-electron chi connectivity index (χ2n) is 11.3. The molecule has 0 bridgehead atoms. The molecule has 0 aliphatic carbocycles. The highest BCUT2D eigenvalue weighted by Gasteiger charge is 2.49. The first kappa shape index (κ1) is 30.9. The molecule has 1 fully saturated rings. The zero-order valence-electron chi connectivity index (χ0n) is 26.8. The Labute approximate surface area is 280 Å². The molecule has 1 N–H and O–H groups in total. The Kier molecular flexibility index (Phi) is 8.06. The molecule has 10 nitrogen and oxygen atoms in total. The van der Waals surface area contributed by atoms with E-state index in [1.165, 1.54) is 23.3 Å². The summed E-state index contributed by atoms with van der Waals surface area (Å²) >= 11 is 1.26. The van der Waals surface area contributed by atoms with Crippen LogP contribution in [0.1, 0.15) is 41.0 Å². The maximum Gasteiger partial charge on any atom is 0.301 e.